The van der Waals surface area contributed by atoms with Gasteiger partial charge in [0.1, 0.15) is 0 Å². The first kappa shape index (κ1) is 21.3. The van der Waals surface area contributed by atoms with Gasteiger partial charge in [-0.05, 0) is 0 Å². The second-order valence-corrected chi connectivity index (χ2v) is 4.76. The van der Waals surface area contributed by atoms with E-state index >= 15 is 0 Å². The fourth-order valence-corrected chi connectivity index (χ4v) is 1.83. The molecule has 104 valence electrons. The van der Waals surface area contributed by atoms with Crippen LogP contribution >= 0.6 is 0 Å². The van der Waals surface area contributed by atoms with E-state index in [9.17, 15) is 0 Å². The summed E-state index contributed by atoms with van der Waals surface area (Å²) in [4.78, 5) is 0. The van der Waals surface area contributed by atoms with Gasteiger partial charge in [0, 0.05) is 0 Å². The number of hydrogen-bond acceptors (Lipinski definition) is 0. The van der Waals surface area contributed by atoms with Crippen molar-refractivity contribution in [3.05, 3.63) is 43.3 Å². The van der Waals surface area contributed by atoms with Gasteiger partial charge < -0.3 is 6.92 Å². The first-order valence-corrected chi connectivity index (χ1v) is 7.62. The Hall–Kier alpha value is -0.0138. The average Bonchev–Trinajstić information content (AvgIpc) is 2.44. The minimum absolute atomic E-state index is 0. The van der Waals surface area contributed by atoms with Gasteiger partial charge in [-0.3, -0.25) is 0 Å². The molecule has 0 amide bonds. The summed E-state index contributed by atoms with van der Waals surface area (Å²) >= 11 is 0. The third kappa shape index (κ3) is 20.5. The van der Waals surface area contributed by atoms with Crippen molar-refractivity contribution < 1.29 is 0 Å². The molecule has 0 aliphatic rings. The van der Waals surface area contributed by atoms with Crippen molar-refractivity contribution in [2.24, 2.45) is 0 Å². The smallest absolute Gasteiger partial charge is 0.343 e. The van der Waals surface area contributed by atoms with Gasteiger partial charge in [0.25, 0.3) is 0 Å². The quantitative estimate of drug-likeness (QED) is 0.300. The molecule has 1 heteroatoms. The molecule has 0 fully saturated rings. The van der Waals surface area contributed by atoms with E-state index in [2.05, 4.69) is 19.9 Å². The van der Waals surface area contributed by atoms with E-state index in [1.807, 2.05) is 30.3 Å². The first-order valence-electron chi connectivity index (χ1n) is 7.62. The summed E-state index contributed by atoms with van der Waals surface area (Å²) in [6, 6.07) is 12.5. The van der Waals surface area contributed by atoms with E-state index in [0.29, 0.717) is 0 Å². The fraction of sp³-hybridized carbons (Fsp3) is 0.611. The van der Waals surface area contributed by atoms with E-state index in [1.54, 1.807) is 0 Å². The van der Waals surface area contributed by atoms with E-state index in [4.69, 9.17) is 0 Å². The molecule has 0 N–H and O–H groups in total. The Labute approximate surface area is 137 Å². The molecule has 0 radical (unpaired) electrons. The molecule has 0 aromatic heterocycles. The first-order chi connectivity index (χ1) is 8.91. The Morgan fingerprint density at radius 1 is 0.737 bits per heavy atom. The molecule has 0 spiro atoms. The summed E-state index contributed by atoms with van der Waals surface area (Å²) in [7, 11) is 0. The molecule has 0 heterocycles. The summed E-state index contributed by atoms with van der Waals surface area (Å²) in [5.41, 5.74) is 0. The van der Waals surface area contributed by atoms with Gasteiger partial charge in [0.2, 0.25) is 0 Å². The minimum Gasteiger partial charge on any atom is -0.343 e. The van der Waals surface area contributed by atoms with Crippen molar-refractivity contribution >= 4 is 23.1 Å². The van der Waals surface area contributed by atoms with E-state index in [-0.39, 0.29) is 23.1 Å². The van der Waals surface area contributed by atoms with Crippen LogP contribution in [-0.2, 0) is 0 Å². The third-order valence-electron chi connectivity index (χ3n) is 2.96. The van der Waals surface area contributed by atoms with Gasteiger partial charge in [0.05, 0.1) is 0 Å². The maximum absolute atomic E-state index is 3.84. The average molecular weight is 271 g/mol. The van der Waals surface area contributed by atoms with Crippen LogP contribution in [-0.4, -0.2) is 23.1 Å². The predicted molar refractivity (Wildman–Crippen MR) is 88.2 cm³/mol. The molecule has 0 unspecified atom stereocenters. The molecule has 0 aliphatic heterocycles. The monoisotopic (exact) mass is 270 g/mol. The van der Waals surface area contributed by atoms with Crippen LogP contribution in [0.3, 0.4) is 0 Å². The van der Waals surface area contributed by atoms with Crippen LogP contribution in [0.1, 0.15) is 71.1 Å². The second kappa shape index (κ2) is 20.3. The summed E-state index contributed by atoms with van der Waals surface area (Å²) in [6.45, 7) is 6.12. The van der Waals surface area contributed by atoms with Crippen LogP contribution in [0, 0.1) is 13.0 Å². The molecule has 0 bridgehead atoms. The summed E-state index contributed by atoms with van der Waals surface area (Å²) in [5.74, 6) is 0. The van der Waals surface area contributed by atoms with Gasteiger partial charge in [-0.25, -0.2) is 0 Å². The molecule has 0 aliphatic carbocycles. The predicted octanol–water partition coefficient (Wildman–Crippen LogP) is 5.85. The van der Waals surface area contributed by atoms with Crippen LogP contribution < -0.4 is 0 Å². The normalized spacial score (nSPS) is 9.16. The molecule has 1 aromatic rings. The third-order valence-corrected chi connectivity index (χ3v) is 2.96. The Morgan fingerprint density at radius 2 is 1.21 bits per heavy atom. The Morgan fingerprint density at radius 3 is 1.53 bits per heavy atom. The molecule has 1 aromatic carbocycles. The van der Waals surface area contributed by atoms with Gasteiger partial charge >= 0.3 is 23.1 Å². The van der Waals surface area contributed by atoms with Crippen LogP contribution in [0.2, 0.25) is 0 Å². The molecular formula is C18H30Mg. The van der Waals surface area contributed by atoms with Gasteiger partial charge in [-0.2, -0.15) is 42.8 Å². The second-order valence-electron chi connectivity index (χ2n) is 4.76. The van der Waals surface area contributed by atoms with E-state index < -0.39 is 0 Å². The minimum atomic E-state index is 0. The van der Waals surface area contributed by atoms with E-state index in [0.717, 1.165) is 6.42 Å². The summed E-state index contributed by atoms with van der Waals surface area (Å²) < 4.78 is 0. The zero-order valence-electron chi connectivity index (χ0n) is 12.9. The molecule has 1 rings (SSSR count). The molecule has 0 saturated carbocycles. The largest absolute Gasteiger partial charge is 2.00 e. The summed E-state index contributed by atoms with van der Waals surface area (Å²) in [5, 5.41) is 0. The van der Waals surface area contributed by atoms with Crippen molar-refractivity contribution in [3.63, 3.8) is 0 Å². The Balaban J connectivity index is 0. The van der Waals surface area contributed by atoms with Crippen LogP contribution in [0.15, 0.2) is 30.3 Å². The fourth-order valence-electron chi connectivity index (χ4n) is 1.83. The Bertz CT molecular complexity index is 184. The molecule has 0 atom stereocenters. The van der Waals surface area contributed by atoms with E-state index in [1.165, 1.54) is 57.8 Å². The maximum atomic E-state index is 3.84. The van der Waals surface area contributed by atoms with Gasteiger partial charge in [0.15, 0.2) is 0 Å². The van der Waals surface area contributed by atoms with Gasteiger partial charge in [-0.1, -0.05) is 64.7 Å². The zero-order valence-corrected chi connectivity index (χ0v) is 14.3. The number of rotatable bonds is 9. The maximum Gasteiger partial charge on any atom is 2.00 e. The van der Waals surface area contributed by atoms with Crippen molar-refractivity contribution in [1.82, 2.24) is 0 Å². The molecule has 19 heavy (non-hydrogen) atoms. The van der Waals surface area contributed by atoms with Crippen molar-refractivity contribution in [1.29, 1.82) is 0 Å². The SMILES string of the molecule is [CH2-]CCCCCCCCCCC.[Mg+2].[c-]1ccccc1. The topological polar surface area (TPSA) is 0 Å². The number of benzene rings is 1. The Kier molecular flexibility index (Phi) is 22.8. The zero-order chi connectivity index (χ0) is 13.3. The van der Waals surface area contributed by atoms with Crippen LogP contribution in [0.25, 0.3) is 0 Å². The van der Waals surface area contributed by atoms with Crippen molar-refractivity contribution in [2.45, 2.75) is 71.1 Å². The van der Waals surface area contributed by atoms with Crippen molar-refractivity contribution in [2.75, 3.05) is 0 Å². The van der Waals surface area contributed by atoms with Crippen molar-refractivity contribution in [3.8, 4) is 0 Å². The number of hydrogen-bond donors (Lipinski definition) is 0. The van der Waals surface area contributed by atoms with Crippen LogP contribution in [0.5, 0.6) is 0 Å². The van der Waals surface area contributed by atoms with Gasteiger partial charge in [-0.15, -0.1) is 0 Å². The number of unbranched alkanes of at least 4 members (excludes halogenated alkanes) is 9. The standard InChI is InChI=1S/C12H25.C6H5.Mg/c1-3-5-7-9-11-12-10-8-6-4-2;1-2-4-6-5-3-1;/h1,3-12H2,2H3;1-5H;/q2*-1;+2. The molecular weight excluding hydrogens is 241 g/mol. The summed E-state index contributed by atoms with van der Waals surface area (Å²) in [6.07, 6.45) is 13.9. The molecule has 0 nitrogen and oxygen atoms in total. The van der Waals surface area contributed by atoms with Crippen LogP contribution in [0.4, 0.5) is 0 Å². The molecule has 0 saturated heterocycles.